The van der Waals surface area contributed by atoms with Gasteiger partial charge >= 0.3 is 0 Å². The Morgan fingerprint density at radius 2 is 1.81 bits per heavy atom. The van der Waals surface area contributed by atoms with Crippen LogP contribution in [0.3, 0.4) is 0 Å². The largest absolute Gasteiger partial charge is 0.396 e. The molecule has 4 nitrogen and oxygen atoms in total. The molecule has 0 aliphatic carbocycles. The van der Waals surface area contributed by atoms with Gasteiger partial charge in [-0.15, -0.1) is 0 Å². The molecule has 2 fully saturated rings. The predicted octanol–water partition coefficient (Wildman–Crippen LogP) is 1.49. The lowest BCUT2D eigenvalue weighted by Gasteiger charge is -2.30. The highest BCUT2D eigenvalue weighted by Gasteiger charge is 2.28. The zero-order chi connectivity index (χ0) is 15.4. The van der Waals surface area contributed by atoms with E-state index in [4.69, 9.17) is 0 Å². The van der Waals surface area contributed by atoms with Crippen LogP contribution < -0.4 is 0 Å². The monoisotopic (exact) mass is 297 g/mol. The summed E-state index contributed by atoms with van der Waals surface area (Å²) < 4.78 is 0. The Labute approximate surface area is 131 Å². The minimum absolute atomic E-state index is 0.357. The van der Waals surface area contributed by atoms with E-state index in [-0.39, 0.29) is 0 Å². The van der Waals surface area contributed by atoms with E-state index in [1.807, 2.05) is 0 Å². The van der Waals surface area contributed by atoms with Crippen LogP contribution in [0.2, 0.25) is 0 Å². The quantitative estimate of drug-likeness (QED) is 0.771. The second kappa shape index (κ2) is 7.91. The number of nitrogens with zero attached hydrogens (tertiary/aromatic N) is 3. The van der Waals surface area contributed by atoms with Crippen LogP contribution in [0.5, 0.6) is 0 Å². The number of rotatable bonds is 7. The summed E-state index contributed by atoms with van der Waals surface area (Å²) >= 11 is 0. The molecule has 3 unspecified atom stereocenters. The van der Waals surface area contributed by atoms with E-state index in [9.17, 15) is 5.11 Å². The van der Waals surface area contributed by atoms with Crippen LogP contribution in [0.1, 0.15) is 40.0 Å². The fourth-order valence-electron chi connectivity index (χ4n) is 3.76. The number of likely N-dealkylation sites (N-methyl/N-ethyl adjacent to an activating group) is 1. The highest BCUT2D eigenvalue weighted by Crippen LogP contribution is 2.21. The smallest absolute Gasteiger partial charge is 0.0471 e. The first-order chi connectivity index (χ1) is 10.0. The van der Waals surface area contributed by atoms with Crippen molar-refractivity contribution in [3.63, 3.8) is 0 Å². The average molecular weight is 297 g/mol. The maximum Gasteiger partial charge on any atom is 0.0471 e. The molecule has 2 aliphatic rings. The van der Waals surface area contributed by atoms with E-state index in [2.05, 4.69) is 42.5 Å². The first kappa shape index (κ1) is 17.2. The van der Waals surface area contributed by atoms with Crippen LogP contribution in [0, 0.1) is 5.92 Å². The molecule has 2 rings (SSSR count). The molecule has 2 heterocycles. The zero-order valence-corrected chi connectivity index (χ0v) is 14.5. The number of likely N-dealkylation sites (tertiary alicyclic amines) is 2. The Bertz CT molecular complexity index is 310. The summed E-state index contributed by atoms with van der Waals surface area (Å²) in [6.07, 6.45) is 3.73. The molecule has 0 aromatic rings. The Hall–Kier alpha value is -0.160. The molecule has 2 aliphatic heterocycles. The van der Waals surface area contributed by atoms with Gasteiger partial charge in [-0.25, -0.2) is 0 Å². The molecule has 0 aromatic carbocycles. The molecule has 0 saturated carbocycles. The van der Waals surface area contributed by atoms with Gasteiger partial charge in [0.15, 0.2) is 0 Å². The molecular formula is C17H35N3O. The molecule has 1 N–H and O–H groups in total. The first-order valence-corrected chi connectivity index (χ1v) is 8.80. The van der Waals surface area contributed by atoms with Gasteiger partial charge in [0, 0.05) is 44.4 Å². The van der Waals surface area contributed by atoms with E-state index in [0.717, 1.165) is 12.6 Å². The van der Waals surface area contributed by atoms with Gasteiger partial charge in [-0.3, -0.25) is 4.90 Å². The lowest BCUT2D eigenvalue weighted by atomic mass is 10.1. The summed E-state index contributed by atoms with van der Waals surface area (Å²) in [5.41, 5.74) is 0. The molecule has 0 aromatic heterocycles. The molecular weight excluding hydrogens is 262 g/mol. The first-order valence-electron chi connectivity index (χ1n) is 8.80. The van der Waals surface area contributed by atoms with Gasteiger partial charge in [0.25, 0.3) is 0 Å². The maximum absolute atomic E-state index is 9.26. The Morgan fingerprint density at radius 3 is 2.38 bits per heavy atom. The maximum atomic E-state index is 9.26. The average Bonchev–Trinajstić information content (AvgIpc) is 3.12. The van der Waals surface area contributed by atoms with E-state index < -0.39 is 0 Å². The molecule has 3 atom stereocenters. The standard InChI is InChI=1S/C17H35N3O/c1-14(2)19-10-7-17(12-19)18(4)8-5-15(3)20-9-6-16(11-20)13-21/h14-17,21H,5-13H2,1-4H3. The third-order valence-electron chi connectivity index (χ3n) is 5.65. The van der Waals surface area contributed by atoms with Crippen molar-refractivity contribution in [3.8, 4) is 0 Å². The SMILES string of the molecule is CC(C)N1CCC(N(C)CCC(C)N2CCC(CO)C2)C1. The molecule has 21 heavy (non-hydrogen) atoms. The van der Waals surface area contributed by atoms with Crippen molar-refractivity contribution in [2.75, 3.05) is 46.4 Å². The van der Waals surface area contributed by atoms with E-state index >= 15 is 0 Å². The summed E-state index contributed by atoms with van der Waals surface area (Å²) in [5.74, 6) is 0.514. The van der Waals surface area contributed by atoms with Crippen molar-refractivity contribution in [3.05, 3.63) is 0 Å². The van der Waals surface area contributed by atoms with E-state index in [1.54, 1.807) is 0 Å². The molecule has 0 spiro atoms. The minimum Gasteiger partial charge on any atom is -0.396 e. The fourth-order valence-corrected chi connectivity index (χ4v) is 3.76. The normalized spacial score (nSPS) is 29.9. The van der Waals surface area contributed by atoms with Crippen molar-refractivity contribution < 1.29 is 5.11 Å². The third kappa shape index (κ3) is 4.65. The Kier molecular flexibility index (Phi) is 6.48. The van der Waals surface area contributed by atoms with Crippen molar-refractivity contribution in [1.82, 2.24) is 14.7 Å². The number of hydrogen-bond acceptors (Lipinski definition) is 4. The van der Waals surface area contributed by atoms with Gasteiger partial charge in [0.2, 0.25) is 0 Å². The second-order valence-corrected chi connectivity index (χ2v) is 7.48. The molecule has 0 amide bonds. The van der Waals surface area contributed by atoms with Crippen molar-refractivity contribution >= 4 is 0 Å². The van der Waals surface area contributed by atoms with Crippen LogP contribution >= 0.6 is 0 Å². The summed E-state index contributed by atoms with van der Waals surface area (Å²) in [6, 6.07) is 2.07. The van der Waals surface area contributed by atoms with Crippen LogP contribution in [0.4, 0.5) is 0 Å². The minimum atomic E-state index is 0.357. The summed E-state index contributed by atoms with van der Waals surface area (Å²) in [4.78, 5) is 7.72. The number of aliphatic hydroxyl groups is 1. The molecule has 2 saturated heterocycles. The topological polar surface area (TPSA) is 30.0 Å². The Morgan fingerprint density at radius 1 is 1.10 bits per heavy atom. The van der Waals surface area contributed by atoms with E-state index in [1.165, 1.54) is 45.4 Å². The number of hydrogen-bond donors (Lipinski definition) is 1. The van der Waals surface area contributed by atoms with Gasteiger partial charge in [-0.1, -0.05) is 0 Å². The second-order valence-electron chi connectivity index (χ2n) is 7.48. The third-order valence-corrected chi connectivity index (χ3v) is 5.65. The summed E-state index contributed by atoms with van der Waals surface area (Å²) in [5, 5.41) is 9.26. The molecule has 0 bridgehead atoms. The highest BCUT2D eigenvalue weighted by molar-refractivity contribution is 4.85. The predicted molar refractivity (Wildman–Crippen MR) is 88.6 cm³/mol. The lowest BCUT2D eigenvalue weighted by Crippen LogP contribution is -2.39. The van der Waals surface area contributed by atoms with Crippen LogP contribution in [-0.4, -0.2) is 84.3 Å². The van der Waals surface area contributed by atoms with Crippen molar-refractivity contribution in [2.45, 2.75) is 58.2 Å². The highest BCUT2D eigenvalue weighted by atomic mass is 16.3. The van der Waals surface area contributed by atoms with Crippen molar-refractivity contribution in [2.24, 2.45) is 5.92 Å². The van der Waals surface area contributed by atoms with Crippen LogP contribution in [0.25, 0.3) is 0 Å². The van der Waals surface area contributed by atoms with Gasteiger partial charge in [-0.2, -0.15) is 0 Å². The van der Waals surface area contributed by atoms with Crippen molar-refractivity contribution in [1.29, 1.82) is 0 Å². The van der Waals surface area contributed by atoms with Gasteiger partial charge in [-0.05, 0) is 66.1 Å². The zero-order valence-electron chi connectivity index (χ0n) is 14.5. The number of aliphatic hydroxyl groups excluding tert-OH is 1. The van der Waals surface area contributed by atoms with Crippen LogP contribution in [0.15, 0.2) is 0 Å². The van der Waals surface area contributed by atoms with Gasteiger partial charge in [0.1, 0.15) is 0 Å². The van der Waals surface area contributed by atoms with Gasteiger partial charge in [0.05, 0.1) is 0 Å². The van der Waals surface area contributed by atoms with E-state index in [0.29, 0.717) is 24.6 Å². The molecule has 4 heteroatoms. The molecule has 0 radical (unpaired) electrons. The van der Waals surface area contributed by atoms with Gasteiger partial charge < -0.3 is 14.9 Å². The summed E-state index contributed by atoms with van der Waals surface area (Å²) in [6.45, 7) is 13.2. The lowest BCUT2D eigenvalue weighted by molar-refractivity contribution is 0.171. The molecule has 124 valence electrons. The summed E-state index contributed by atoms with van der Waals surface area (Å²) in [7, 11) is 2.29. The Balaban J connectivity index is 1.68. The van der Waals surface area contributed by atoms with Crippen LogP contribution in [-0.2, 0) is 0 Å². The fraction of sp³-hybridized carbons (Fsp3) is 1.00.